The maximum atomic E-state index is 10.4. The van der Waals surface area contributed by atoms with Gasteiger partial charge in [0.05, 0.1) is 25.3 Å². The fourth-order valence-corrected chi connectivity index (χ4v) is 1.39. The van der Waals surface area contributed by atoms with Crippen LogP contribution >= 0.6 is 0 Å². The van der Waals surface area contributed by atoms with E-state index in [0.29, 0.717) is 18.9 Å². The van der Waals surface area contributed by atoms with Gasteiger partial charge in [0.2, 0.25) is 5.79 Å². The van der Waals surface area contributed by atoms with Gasteiger partial charge in [0, 0.05) is 0 Å². The van der Waals surface area contributed by atoms with Crippen molar-refractivity contribution in [3.05, 3.63) is 17.8 Å². The van der Waals surface area contributed by atoms with Crippen molar-refractivity contribution in [3.8, 4) is 0 Å². The summed E-state index contributed by atoms with van der Waals surface area (Å²) in [6, 6.07) is 0. The molecular weight excluding hydrogens is 202 g/mol. The molecule has 6 heteroatoms. The highest BCUT2D eigenvalue weighted by molar-refractivity contribution is 5.69. The van der Waals surface area contributed by atoms with E-state index in [9.17, 15) is 4.79 Å². The summed E-state index contributed by atoms with van der Waals surface area (Å²) in [6.07, 6.45) is 1.14. The quantitative estimate of drug-likeness (QED) is 0.788. The van der Waals surface area contributed by atoms with E-state index in [1.165, 1.54) is 6.26 Å². The first-order chi connectivity index (χ1) is 7.10. The number of carboxylic acids is 1. The van der Waals surface area contributed by atoms with Crippen LogP contribution in [-0.2, 0) is 26.5 Å². The van der Waals surface area contributed by atoms with Crippen molar-refractivity contribution in [2.45, 2.75) is 19.1 Å². The number of oxazole rings is 1. The van der Waals surface area contributed by atoms with Gasteiger partial charge in [0.25, 0.3) is 5.89 Å². The number of aromatic nitrogens is 1. The van der Waals surface area contributed by atoms with Gasteiger partial charge in [-0.05, 0) is 6.92 Å². The van der Waals surface area contributed by atoms with E-state index in [1.807, 2.05) is 0 Å². The summed E-state index contributed by atoms with van der Waals surface area (Å²) >= 11 is 0. The zero-order chi connectivity index (χ0) is 10.9. The summed E-state index contributed by atoms with van der Waals surface area (Å²) in [4.78, 5) is 14.4. The molecule has 0 spiro atoms. The topological polar surface area (TPSA) is 81.8 Å². The van der Waals surface area contributed by atoms with Crippen molar-refractivity contribution < 1.29 is 23.8 Å². The predicted octanol–water partition coefficient (Wildman–Crippen LogP) is 0.521. The second-order valence-electron chi connectivity index (χ2n) is 3.36. The number of aliphatic carboxylic acids is 1. The maximum absolute atomic E-state index is 10.4. The molecule has 1 saturated heterocycles. The van der Waals surface area contributed by atoms with Crippen molar-refractivity contribution >= 4 is 5.97 Å². The van der Waals surface area contributed by atoms with E-state index >= 15 is 0 Å². The Hall–Kier alpha value is -1.40. The van der Waals surface area contributed by atoms with Crippen LogP contribution in [0.5, 0.6) is 0 Å². The average molecular weight is 213 g/mol. The van der Waals surface area contributed by atoms with Crippen LogP contribution in [0.25, 0.3) is 0 Å². The van der Waals surface area contributed by atoms with Gasteiger partial charge >= 0.3 is 5.97 Å². The van der Waals surface area contributed by atoms with Crippen molar-refractivity contribution in [3.63, 3.8) is 0 Å². The number of hydrogen-bond acceptors (Lipinski definition) is 5. The molecule has 0 saturated carbocycles. The zero-order valence-corrected chi connectivity index (χ0v) is 8.23. The number of ether oxygens (including phenoxy) is 2. The smallest absolute Gasteiger partial charge is 0.309 e. The summed E-state index contributed by atoms with van der Waals surface area (Å²) in [6.45, 7) is 2.65. The third-order valence-electron chi connectivity index (χ3n) is 2.11. The van der Waals surface area contributed by atoms with Crippen LogP contribution < -0.4 is 0 Å². The molecule has 1 N–H and O–H groups in total. The van der Waals surface area contributed by atoms with Gasteiger partial charge < -0.3 is 19.0 Å². The van der Waals surface area contributed by atoms with Crippen molar-refractivity contribution in [1.82, 2.24) is 4.98 Å². The highest BCUT2D eigenvalue weighted by atomic mass is 16.7. The van der Waals surface area contributed by atoms with E-state index in [2.05, 4.69) is 4.98 Å². The van der Waals surface area contributed by atoms with E-state index < -0.39 is 11.8 Å². The van der Waals surface area contributed by atoms with E-state index in [4.69, 9.17) is 19.0 Å². The van der Waals surface area contributed by atoms with Crippen LogP contribution in [0.15, 0.2) is 10.7 Å². The molecule has 15 heavy (non-hydrogen) atoms. The van der Waals surface area contributed by atoms with Gasteiger partial charge in [0.1, 0.15) is 6.26 Å². The maximum Gasteiger partial charge on any atom is 0.309 e. The monoisotopic (exact) mass is 213 g/mol. The number of nitrogens with zero attached hydrogens (tertiary/aromatic N) is 1. The molecule has 0 amide bonds. The van der Waals surface area contributed by atoms with E-state index in [-0.39, 0.29) is 12.3 Å². The van der Waals surface area contributed by atoms with Gasteiger partial charge in [-0.2, -0.15) is 0 Å². The molecular formula is C9H11NO5. The van der Waals surface area contributed by atoms with E-state index in [1.54, 1.807) is 6.92 Å². The molecule has 2 rings (SSSR count). The zero-order valence-electron chi connectivity index (χ0n) is 8.23. The SMILES string of the molecule is CC1(c2nc(CC(=O)O)co2)OCCO1. The average Bonchev–Trinajstić information content (AvgIpc) is 2.74. The summed E-state index contributed by atoms with van der Waals surface area (Å²) < 4.78 is 15.8. The lowest BCUT2D eigenvalue weighted by molar-refractivity contribution is -0.166. The summed E-state index contributed by atoms with van der Waals surface area (Å²) in [5.41, 5.74) is 0.359. The minimum absolute atomic E-state index is 0.167. The Kier molecular flexibility index (Phi) is 2.45. The van der Waals surface area contributed by atoms with Gasteiger partial charge in [-0.3, -0.25) is 4.79 Å². The minimum Gasteiger partial charge on any atom is -0.481 e. The standard InChI is InChI=1S/C9H11NO5/c1-9(14-2-3-15-9)8-10-6(5-13-8)4-7(11)12/h5H,2-4H2,1H3,(H,11,12). The lowest BCUT2D eigenvalue weighted by Gasteiger charge is -2.17. The Bertz CT molecular complexity index is 366. The summed E-state index contributed by atoms with van der Waals surface area (Å²) in [7, 11) is 0. The summed E-state index contributed by atoms with van der Waals surface area (Å²) in [5.74, 6) is -1.67. The third kappa shape index (κ3) is 2.00. The first-order valence-electron chi connectivity index (χ1n) is 4.55. The molecule has 0 aliphatic carbocycles. The second-order valence-corrected chi connectivity index (χ2v) is 3.36. The molecule has 1 aliphatic rings. The van der Waals surface area contributed by atoms with Crippen LogP contribution in [0.4, 0.5) is 0 Å². The van der Waals surface area contributed by atoms with Crippen molar-refractivity contribution in [2.75, 3.05) is 13.2 Å². The Morgan fingerprint density at radius 3 is 2.87 bits per heavy atom. The van der Waals surface area contributed by atoms with Gasteiger partial charge in [0.15, 0.2) is 0 Å². The molecule has 2 heterocycles. The lowest BCUT2D eigenvalue weighted by atomic mass is 10.3. The molecule has 0 unspecified atom stereocenters. The number of hydrogen-bond donors (Lipinski definition) is 1. The second kappa shape index (κ2) is 3.63. The highest BCUT2D eigenvalue weighted by Crippen LogP contribution is 2.29. The van der Waals surface area contributed by atoms with Crippen LogP contribution in [0.3, 0.4) is 0 Å². The van der Waals surface area contributed by atoms with E-state index in [0.717, 1.165) is 0 Å². The largest absolute Gasteiger partial charge is 0.481 e. The molecule has 6 nitrogen and oxygen atoms in total. The Balaban J connectivity index is 2.15. The number of rotatable bonds is 3. The molecule has 1 aromatic rings. The van der Waals surface area contributed by atoms with Gasteiger partial charge in [-0.1, -0.05) is 0 Å². The first-order valence-corrected chi connectivity index (χ1v) is 4.55. The normalized spacial score (nSPS) is 19.3. The first kappa shape index (κ1) is 10.1. The van der Waals surface area contributed by atoms with Crippen molar-refractivity contribution in [1.29, 1.82) is 0 Å². The van der Waals surface area contributed by atoms with Gasteiger partial charge in [-0.15, -0.1) is 0 Å². The Labute approximate surface area is 85.8 Å². The van der Waals surface area contributed by atoms with Gasteiger partial charge in [-0.25, -0.2) is 4.98 Å². The lowest BCUT2D eigenvalue weighted by Crippen LogP contribution is -2.22. The fourth-order valence-electron chi connectivity index (χ4n) is 1.39. The number of carbonyl (C=O) groups is 1. The molecule has 0 radical (unpaired) electrons. The fraction of sp³-hybridized carbons (Fsp3) is 0.556. The third-order valence-corrected chi connectivity index (χ3v) is 2.11. The van der Waals surface area contributed by atoms with Crippen molar-refractivity contribution in [2.24, 2.45) is 0 Å². The molecule has 1 fully saturated rings. The van der Waals surface area contributed by atoms with Crippen LogP contribution in [0, 0.1) is 0 Å². The Morgan fingerprint density at radius 1 is 1.60 bits per heavy atom. The van der Waals surface area contributed by atoms with Crippen LogP contribution in [0.1, 0.15) is 18.5 Å². The molecule has 82 valence electrons. The molecule has 0 aromatic carbocycles. The molecule has 0 bridgehead atoms. The van der Waals surface area contributed by atoms with Crippen LogP contribution in [0.2, 0.25) is 0 Å². The highest BCUT2D eigenvalue weighted by Gasteiger charge is 2.38. The Morgan fingerprint density at radius 2 is 2.27 bits per heavy atom. The van der Waals surface area contributed by atoms with Crippen LogP contribution in [-0.4, -0.2) is 29.3 Å². The summed E-state index contributed by atoms with van der Waals surface area (Å²) in [5, 5.41) is 8.56. The molecule has 1 aromatic heterocycles. The molecule has 1 aliphatic heterocycles. The molecule has 0 atom stereocenters. The predicted molar refractivity (Wildman–Crippen MR) is 47.1 cm³/mol. The number of carboxylic acid groups (broad SMARTS) is 1. The minimum atomic E-state index is -0.975.